The van der Waals surface area contributed by atoms with Crippen molar-refractivity contribution < 1.29 is 4.79 Å². The molecule has 2 heteroatoms. The van der Waals surface area contributed by atoms with Gasteiger partial charge >= 0.3 is 0 Å². The standard InChI is InChI=1S/C12H13NO/c1-10-6-5-9-13(10)12(14)11-7-3-2-4-8-11/h2-4,6-8H,5,9H2,1H3. The molecule has 0 fully saturated rings. The van der Waals surface area contributed by atoms with E-state index in [0.717, 1.165) is 24.2 Å². The molecule has 0 N–H and O–H groups in total. The maximum atomic E-state index is 11.9. The van der Waals surface area contributed by atoms with E-state index in [1.807, 2.05) is 42.2 Å². The number of benzene rings is 1. The maximum absolute atomic E-state index is 11.9. The van der Waals surface area contributed by atoms with Gasteiger partial charge in [-0.1, -0.05) is 24.3 Å². The smallest absolute Gasteiger partial charge is 0.257 e. The SMILES string of the molecule is CC1=CCCN1C(=O)c1ccccc1. The van der Waals surface area contributed by atoms with Crippen molar-refractivity contribution in [3.8, 4) is 0 Å². The molecule has 0 aromatic heterocycles. The maximum Gasteiger partial charge on any atom is 0.257 e. The lowest BCUT2D eigenvalue weighted by Crippen LogP contribution is -2.26. The van der Waals surface area contributed by atoms with Crippen LogP contribution in [0.5, 0.6) is 0 Å². The van der Waals surface area contributed by atoms with E-state index < -0.39 is 0 Å². The Kier molecular flexibility index (Phi) is 2.35. The fourth-order valence-electron chi connectivity index (χ4n) is 1.69. The van der Waals surface area contributed by atoms with Gasteiger partial charge in [-0.3, -0.25) is 4.79 Å². The molecule has 0 radical (unpaired) electrons. The van der Waals surface area contributed by atoms with Crippen LogP contribution in [0.3, 0.4) is 0 Å². The van der Waals surface area contributed by atoms with Crippen molar-refractivity contribution >= 4 is 5.91 Å². The van der Waals surface area contributed by atoms with Gasteiger partial charge in [0.2, 0.25) is 0 Å². The molecule has 1 amide bonds. The summed E-state index contributed by atoms with van der Waals surface area (Å²) in [6.45, 7) is 2.80. The van der Waals surface area contributed by atoms with E-state index in [1.54, 1.807) is 0 Å². The quantitative estimate of drug-likeness (QED) is 0.661. The van der Waals surface area contributed by atoms with Crippen molar-refractivity contribution in [2.45, 2.75) is 13.3 Å². The van der Waals surface area contributed by atoms with Gasteiger partial charge in [0.05, 0.1) is 0 Å². The molecular formula is C12H13NO. The number of nitrogens with zero attached hydrogens (tertiary/aromatic N) is 1. The highest BCUT2D eigenvalue weighted by Crippen LogP contribution is 2.17. The molecule has 1 aliphatic heterocycles. The highest BCUT2D eigenvalue weighted by molar-refractivity contribution is 5.95. The third kappa shape index (κ3) is 1.55. The minimum atomic E-state index is 0.108. The summed E-state index contributed by atoms with van der Waals surface area (Å²) in [6, 6.07) is 9.41. The number of rotatable bonds is 1. The van der Waals surface area contributed by atoms with Gasteiger partial charge in [-0.05, 0) is 25.5 Å². The summed E-state index contributed by atoms with van der Waals surface area (Å²) >= 11 is 0. The van der Waals surface area contributed by atoms with Gasteiger partial charge in [-0.2, -0.15) is 0 Å². The van der Waals surface area contributed by atoms with Crippen LogP contribution in [-0.4, -0.2) is 17.4 Å². The minimum absolute atomic E-state index is 0.108. The zero-order valence-corrected chi connectivity index (χ0v) is 8.23. The molecule has 14 heavy (non-hydrogen) atoms. The Labute approximate surface area is 83.8 Å². The van der Waals surface area contributed by atoms with Crippen LogP contribution >= 0.6 is 0 Å². The fourth-order valence-corrected chi connectivity index (χ4v) is 1.69. The Morgan fingerprint density at radius 3 is 2.57 bits per heavy atom. The zero-order valence-electron chi connectivity index (χ0n) is 8.23. The Balaban J connectivity index is 2.21. The van der Waals surface area contributed by atoms with E-state index >= 15 is 0 Å². The van der Waals surface area contributed by atoms with Gasteiger partial charge in [0.15, 0.2) is 0 Å². The zero-order chi connectivity index (χ0) is 9.97. The van der Waals surface area contributed by atoms with Crippen molar-refractivity contribution in [3.63, 3.8) is 0 Å². The molecule has 1 heterocycles. The fraction of sp³-hybridized carbons (Fsp3) is 0.250. The molecule has 0 unspecified atom stereocenters. The molecule has 1 aromatic carbocycles. The third-order valence-corrected chi connectivity index (χ3v) is 2.48. The molecule has 1 aromatic rings. The normalized spacial score (nSPS) is 15.5. The highest BCUT2D eigenvalue weighted by Gasteiger charge is 2.19. The summed E-state index contributed by atoms with van der Waals surface area (Å²) < 4.78 is 0. The van der Waals surface area contributed by atoms with Crippen molar-refractivity contribution in [2.24, 2.45) is 0 Å². The molecule has 2 nitrogen and oxygen atoms in total. The number of hydrogen-bond donors (Lipinski definition) is 0. The lowest BCUT2D eigenvalue weighted by atomic mass is 10.2. The van der Waals surface area contributed by atoms with Gasteiger partial charge in [-0.15, -0.1) is 0 Å². The molecule has 0 saturated heterocycles. The van der Waals surface area contributed by atoms with Crippen molar-refractivity contribution in [2.75, 3.05) is 6.54 Å². The molecule has 0 bridgehead atoms. The van der Waals surface area contributed by atoms with Gasteiger partial charge in [-0.25, -0.2) is 0 Å². The Morgan fingerprint density at radius 2 is 2.00 bits per heavy atom. The first-order chi connectivity index (χ1) is 6.79. The average molecular weight is 187 g/mol. The Bertz CT molecular complexity index is 367. The second-order valence-electron chi connectivity index (χ2n) is 3.46. The van der Waals surface area contributed by atoms with E-state index in [4.69, 9.17) is 0 Å². The number of hydrogen-bond acceptors (Lipinski definition) is 1. The van der Waals surface area contributed by atoms with Crippen LogP contribution in [-0.2, 0) is 0 Å². The van der Waals surface area contributed by atoms with Crippen molar-refractivity contribution in [1.82, 2.24) is 4.90 Å². The van der Waals surface area contributed by atoms with E-state index in [-0.39, 0.29) is 5.91 Å². The van der Waals surface area contributed by atoms with Gasteiger partial charge in [0.25, 0.3) is 5.91 Å². The molecule has 0 aliphatic carbocycles. The van der Waals surface area contributed by atoms with Gasteiger partial charge in [0, 0.05) is 17.8 Å². The lowest BCUT2D eigenvalue weighted by Gasteiger charge is -2.17. The second-order valence-corrected chi connectivity index (χ2v) is 3.46. The third-order valence-electron chi connectivity index (χ3n) is 2.48. The molecule has 0 spiro atoms. The first-order valence-electron chi connectivity index (χ1n) is 4.83. The molecule has 2 rings (SSSR count). The highest BCUT2D eigenvalue weighted by atomic mass is 16.2. The first kappa shape index (κ1) is 9.00. The Hall–Kier alpha value is -1.57. The summed E-state index contributed by atoms with van der Waals surface area (Å²) in [5.41, 5.74) is 1.83. The molecule has 72 valence electrons. The van der Waals surface area contributed by atoms with Crippen LogP contribution in [0, 0.1) is 0 Å². The van der Waals surface area contributed by atoms with Gasteiger partial charge in [0.1, 0.15) is 0 Å². The summed E-state index contributed by atoms with van der Waals surface area (Å²) in [6.07, 6.45) is 3.07. The number of carbonyl (C=O) groups excluding carboxylic acids is 1. The van der Waals surface area contributed by atoms with Crippen LogP contribution in [0.15, 0.2) is 42.1 Å². The van der Waals surface area contributed by atoms with E-state index in [0.29, 0.717) is 0 Å². The average Bonchev–Trinajstić information content (AvgIpc) is 2.65. The predicted octanol–water partition coefficient (Wildman–Crippen LogP) is 2.44. The summed E-state index contributed by atoms with van der Waals surface area (Å²) in [7, 11) is 0. The number of allylic oxidation sites excluding steroid dienone is 1. The molecule has 1 aliphatic rings. The van der Waals surface area contributed by atoms with E-state index in [1.165, 1.54) is 0 Å². The second kappa shape index (κ2) is 3.66. The van der Waals surface area contributed by atoms with Crippen molar-refractivity contribution in [1.29, 1.82) is 0 Å². The van der Waals surface area contributed by atoms with Crippen LogP contribution < -0.4 is 0 Å². The monoisotopic (exact) mass is 187 g/mol. The number of carbonyl (C=O) groups is 1. The summed E-state index contributed by atoms with van der Waals surface area (Å²) in [5.74, 6) is 0.108. The van der Waals surface area contributed by atoms with Crippen LogP contribution in [0.1, 0.15) is 23.7 Å². The first-order valence-corrected chi connectivity index (χ1v) is 4.83. The molecule has 0 saturated carbocycles. The van der Waals surface area contributed by atoms with Crippen molar-refractivity contribution in [3.05, 3.63) is 47.7 Å². The van der Waals surface area contributed by atoms with E-state index in [2.05, 4.69) is 6.08 Å². The summed E-state index contributed by atoms with van der Waals surface area (Å²) in [4.78, 5) is 13.8. The number of amides is 1. The van der Waals surface area contributed by atoms with Crippen LogP contribution in [0.25, 0.3) is 0 Å². The van der Waals surface area contributed by atoms with E-state index in [9.17, 15) is 4.79 Å². The van der Waals surface area contributed by atoms with Crippen LogP contribution in [0.2, 0.25) is 0 Å². The van der Waals surface area contributed by atoms with Crippen LogP contribution in [0.4, 0.5) is 0 Å². The lowest BCUT2D eigenvalue weighted by molar-refractivity contribution is 0.0819. The van der Waals surface area contributed by atoms with Gasteiger partial charge < -0.3 is 4.90 Å². The minimum Gasteiger partial charge on any atom is -0.312 e. The Morgan fingerprint density at radius 1 is 1.29 bits per heavy atom. The largest absolute Gasteiger partial charge is 0.312 e. The molecule has 0 atom stereocenters. The molecular weight excluding hydrogens is 174 g/mol. The topological polar surface area (TPSA) is 20.3 Å². The summed E-state index contributed by atoms with van der Waals surface area (Å²) in [5, 5.41) is 0. The predicted molar refractivity (Wildman–Crippen MR) is 55.9 cm³/mol.